The molecule has 2 heterocycles. The second-order valence-electron chi connectivity index (χ2n) is 5.65. The first-order chi connectivity index (χ1) is 10.3. The maximum atomic E-state index is 10.8. The van der Waals surface area contributed by atoms with E-state index in [2.05, 4.69) is 12.1 Å². The van der Waals surface area contributed by atoms with Crippen LogP contribution in [0, 0.1) is 0 Å². The van der Waals surface area contributed by atoms with E-state index in [1.807, 2.05) is 30.3 Å². The smallest absolute Gasteiger partial charge is 0.122 e. The molecular weight excluding hydrogens is 264 g/mol. The number of rotatable bonds is 2. The predicted molar refractivity (Wildman–Crippen MR) is 79.4 cm³/mol. The molecule has 0 aromatic heterocycles. The van der Waals surface area contributed by atoms with Crippen LogP contribution in [0.15, 0.2) is 42.5 Å². The van der Waals surface area contributed by atoms with Crippen LogP contribution >= 0.6 is 0 Å². The molecule has 3 nitrogen and oxygen atoms in total. The molecule has 21 heavy (non-hydrogen) atoms. The molecule has 108 valence electrons. The van der Waals surface area contributed by atoms with E-state index in [1.54, 1.807) is 0 Å². The van der Waals surface area contributed by atoms with Crippen LogP contribution in [-0.2, 0) is 17.6 Å². The second kappa shape index (κ2) is 5.17. The molecule has 0 radical (unpaired) electrons. The minimum Gasteiger partial charge on any atom is -0.493 e. The molecule has 0 aliphatic carbocycles. The Morgan fingerprint density at radius 2 is 1.86 bits per heavy atom. The molecule has 0 spiro atoms. The van der Waals surface area contributed by atoms with Crippen LogP contribution in [0.5, 0.6) is 5.75 Å². The molecule has 0 bridgehead atoms. The third-order valence-corrected chi connectivity index (χ3v) is 4.37. The van der Waals surface area contributed by atoms with Crippen molar-refractivity contribution in [1.82, 2.24) is 0 Å². The highest BCUT2D eigenvalue weighted by Crippen LogP contribution is 2.38. The van der Waals surface area contributed by atoms with Crippen LogP contribution in [0.25, 0.3) is 0 Å². The van der Waals surface area contributed by atoms with E-state index in [9.17, 15) is 5.11 Å². The summed E-state index contributed by atoms with van der Waals surface area (Å²) in [5.41, 5.74) is 4.46. The zero-order valence-electron chi connectivity index (χ0n) is 11.8. The Labute approximate surface area is 124 Å². The molecule has 3 heteroatoms. The lowest BCUT2D eigenvalue weighted by Gasteiger charge is -2.30. The fraction of sp³-hybridized carbons (Fsp3) is 0.333. The highest BCUT2D eigenvalue weighted by Gasteiger charge is 2.29. The second-order valence-corrected chi connectivity index (χ2v) is 5.65. The summed E-state index contributed by atoms with van der Waals surface area (Å²) in [6.45, 7) is 1.39. The van der Waals surface area contributed by atoms with Gasteiger partial charge in [-0.25, -0.2) is 0 Å². The van der Waals surface area contributed by atoms with Crippen molar-refractivity contribution in [1.29, 1.82) is 0 Å². The van der Waals surface area contributed by atoms with Crippen LogP contribution in [0.2, 0.25) is 0 Å². The quantitative estimate of drug-likeness (QED) is 0.920. The molecular formula is C18H18O3. The molecule has 0 saturated carbocycles. The zero-order valence-corrected chi connectivity index (χ0v) is 11.8. The lowest BCUT2D eigenvalue weighted by molar-refractivity contribution is -0.0483. The molecule has 2 aliphatic heterocycles. The number of aliphatic hydroxyl groups excluding tert-OH is 1. The Bertz CT molecular complexity index is 665. The molecule has 2 unspecified atom stereocenters. The molecule has 2 aromatic rings. The van der Waals surface area contributed by atoms with Crippen molar-refractivity contribution in [3.63, 3.8) is 0 Å². The van der Waals surface area contributed by atoms with Crippen molar-refractivity contribution in [2.45, 2.75) is 25.0 Å². The lowest BCUT2D eigenvalue weighted by Crippen LogP contribution is -2.22. The summed E-state index contributed by atoms with van der Waals surface area (Å²) < 4.78 is 11.4. The van der Waals surface area contributed by atoms with Crippen molar-refractivity contribution < 1.29 is 14.6 Å². The van der Waals surface area contributed by atoms with E-state index < -0.39 is 6.10 Å². The van der Waals surface area contributed by atoms with Gasteiger partial charge in [0.2, 0.25) is 0 Å². The van der Waals surface area contributed by atoms with Gasteiger partial charge < -0.3 is 14.6 Å². The Balaban J connectivity index is 1.68. The summed E-state index contributed by atoms with van der Waals surface area (Å²) in [5, 5.41) is 10.8. The topological polar surface area (TPSA) is 38.7 Å². The van der Waals surface area contributed by atoms with Gasteiger partial charge in [-0.2, -0.15) is 0 Å². The molecule has 0 fully saturated rings. The molecule has 0 amide bonds. The number of aliphatic hydroxyl groups is 1. The third kappa shape index (κ3) is 2.23. The Morgan fingerprint density at radius 1 is 1.00 bits per heavy atom. The highest BCUT2D eigenvalue weighted by atomic mass is 16.5. The largest absolute Gasteiger partial charge is 0.493 e. The monoisotopic (exact) mass is 282 g/mol. The molecule has 2 aromatic carbocycles. The van der Waals surface area contributed by atoms with Crippen molar-refractivity contribution in [3.8, 4) is 5.75 Å². The van der Waals surface area contributed by atoms with E-state index >= 15 is 0 Å². The summed E-state index contributed by atoms with van der Waals surface area (Å²) in [5.74, 6) is 0.941. The minimum absolute atomic E-state index is 0.282. The van der Waals surface area contributed by atoms with E-state index in [4.69, 9.17) is 9.47 Å². The fourth-order valence-electron chi connectivity index (χ4n) is 3.25. The van der Waals surface area contributed by atoms with Gasteiger partial charge in [0.1, 0.15) is 18.0 Å². The van der Waals surface area contributed by atoms with Crippen LogP contribution in [0.1, 0.15) is 34.5 Å². The van der Waals surface area contributed by atoms with Gasteiger partial charge >= 0.3 is 0 Å². The van der Waals surface area contributed by atoms with Gasteiger partial charge in [-0.05, 0) is 40.8 Å². The average Bonchev–Trinajstić information content (AvgIpc) is 3.01. The van der Waals surface area contributed by atoms with E-state index in [0.717, 1.165) is 36.3 Å². The highest BCUT2D eigenvalue weighted by molar-refractivity contribution is 5.42. The Morgan fingerprint density at radius 3 is 2.81 bits per heavy atom. The van der Waals surface area contributed by atoms with Gasteiger partial charge in [0, 0.05) is 6.42 Å². The van der Waals surface area contributed by atoms with Crippen molar-refractivity contribution >= 4 is 0 Å². The maximum Gasteiger partial charge on any atom is 0.122 e. The van der Waals surface area contributed by atoms with Gasteiger partial charge in [-0.15, -0.1) is 0 Å². The molecule has 0 saturated heterocycles. The van der Waals surface area contributed by atoms with Crippen molar-refractivity contribution in [2.75, 3.05) is 13.2 Å². The molecule has 2 aliphatic rings. The molecule has 1 N–H and O–H groups in total. The summed E-state index contributed by atoms with van der Waals surface area (Å²) in [4.78, 5) is 0. The Hall–Kier alpha value is -1.84. The minimum atomic E-state index is -0.641. The third-order valence-electron chi connectivity index (χ3n) is 4.37. The van der Waals surface area contributed by atoms with Gasteiger partial charge in [0.05, 0.1) is 13.2 Å². The standard InChI is InChI=1S/C18H18O3/c19-17(14-5-6-16-13(11-14)8-9-20-16)18-15-4-2-1-3-12(15)7-10-21-18/h1-6,11,17-19H,7-10H2. The number of benzene rings is 2. The van der Waals surface area contributed by atoms with Gasteiger partial charge in [0.15, 0.2) is 0 Å². The lowest BCUT2D eigenvalue weighted by atomic mass is 9.91. The number of hydrogen-bond donors (Lipinski definition) is 1. The molecule has 4 rings (SSSR count). The maximum absolute atomic E-state index is 10.8. The van der Waals surface area contributed by atoms with Crippen molar-refractivity contribution in [2.24, 2.45) is 0 Å². The summed E-state index contributed by atoms with van der Waals surface area (Å²) >= 11 is 0. The van der Waals surface area contributed by atoms with E-state index in [1.165, 1.54) is 11.1 Å². The van der Waals surface area contributed by atoms with Crippen LogP contribution < -0.4 is 4.74 Å². The van der Waals surface area contributed by atoms with Crippen LogP contribution in [-0.4, -0.2) is 18.3 Å². The first-order valence-corrected chi connectivity index (χ1v) is 7.46. The number of ether oxygens (including phenoxy) is 2. The van der Waals surface area contributed by atoms with Gasteiger partial charge in [-0.1, -0.05) is 30.3 Å². The van der Waals surface area contributed by atoms with Gasteiger partial charge in [-0.3, -0.25) is 0 Å². The summed E-state index contributed by atoms with van der Waals surface area (Å²) in [6, 6.07) is 14.2. The SMILES string of the molecule is OC(c1ccc2c(c1)CCO2)C1OCCc2ccccc21. The first kappa shape index (κ1) is 12.9. The summed E-state index contributed by atoms with van der Waals surface area (Å²) in [6.07, 6.45) is 0.905. The van der Waals surface area contributed by atoms with Crippen LogP contribution in [0.3, 0.4) is 0 Å². The van der Waals surface area contributed by atoms with Crippen LogP contribution in [0.4, 0.5) is 0 Å². The van der Waals surface area contributed by atoms with E-state index in [-0.39, 0.29) is 6.10 Å². The Kier molecular flexibility index (Phi) is 3.17. The number of fused-ring (bicyclic) bond motifs is 2. The zero-order chi connectivity index (χ0) is 14.2. The van der Waals surface area contributed by atoms with E-state index in [0.29, 0.717) is 6.61 Å². The predicted octanol–water partition coefficient (Wildman–Crippen LogP) is 2.97. The van der Waals surface area contributed by atoms with Crippen molar-refractivity contribution in [3.05, 3.63) is 64.7 Å². The average molecular weight is 282 g/mol. The number of hydrogen-bond acceptors (Lipinski definition) is 3. The first-order valence-electron chi connectivity index (χ1n) is 7.46. The van der Waals surface area contributed by atoms with Gasteiger partial charge in [0.25, 0.3) is 0 Å². The summed E-state index contributed by atoms with van der Waals surface area (Å²) in [7, 11) is 0. The normalized spacial score (nSPS) is 21.3. The fourth-order valence-corrected chi connectivity index (χ4v) is 3.25. The molecule has 2 atom stereocenters.